The number of carbonyl (C=O) groups excluding carboxylic acids is 4. The molecule has 4 amide bonds. The molecule has 320 valence electrons. The van der Waals surface area contributed by atoms with Crippen LogP contribution in [0.3, 0.4) is 0 Å². The molecule has 0 radical (unpaired) electrons. The number of rotatable bonds is 13. The SMILES string of the molecule is NC(=O)c1ccc(Nc2nc(Nc3ccc(C(=O)NCC4CCN(CC5CCN(c6ccc(C7CCC(=O)NC7=O)cc6)CC5)CC4)cc3)ncc2F)cc1-c1ccccc1Cl. The first-order chi connectivity index (χ1) is 30.1. The Balaban J connectivity index is 0.766. The lowest BCUT2D eigenvalue weighted by atomic mass is 9.90. The van der Waals surface area contributed by atoms with E-state index in [9.17, 15) is 23.6 Å². The molecule has 3 saturated heterocycles. The molecule has 0 aliphatic carbocycles. The Morgan fingerprint density at radius 2 is 1.53 bits per heavy atom. The predicted octanol–water partition coefficient (Wildman–Crippen LogP) is 7.40. The van der Waals surface area contributed by atoms with Crippen LogP contribution < -0.4 is 31.9 Å². The van der Waals surface area contributed by atoms with Crippen molar-refractivity contribution in [3.05, 3.63) is 125 Å². The molecule has 62 heavy (non-hydrogen) atoms. The Kier molecular flexibility index (Phi) is 13.1. The molecule has 0 saturated carbocycles. The third-order valence-corrected chi connectivity index (χ3v) is 12.5. The van der Waals surface area contributed by atoms with Gasteiger partial charge in [-0.3, -0.25) is 24.5 Å². The predicted molar refractivity (Wildman–Crippen MR) is 238 cm³/mol. The quantitative estimate of drug-likeness (QED) is 0.0751. The summed E-state index contributed by atoms with van der Waals surface area (Å²) in [6.07, 6.45) is 6.34. The molecule has 1 aromatic heterocycles. The van der Waals surface area contributed by atoms with Crippen molar-refractivity contribution in [1.29, 1.82) is 0 Å². The van der Waals surface area contributed by atoms with Crippen molar-refractivity contribution < 1.29 is 23.6 Å². The molecule has 4 aromatic carbocycles. The highest BCUT2D eigenvalue weighted by Gasteiger charge is 2.29. The Morgan fingerprint density at radius 1 is 0.823 bits per heavy atom. The number of anilines is 5. The third kappa shape index (κ3) is 10.2. The molecule has 3 aliphatic heterocycles. The number of piperidine rings is 3. The average molecular weight is 858 g/mol. The van der Waals surface area contributed by atoms with E-state index >= 15 is 0 Å². The zero-order chi connectivity index (χ0) is 43.2. The third-order valence-electron chi connectivity index (χ3n) is 12.1. The van der Waals surface area contributed by atoms with Crippen LogP contribution in [-0.4, -0.2) is 77.8 Å². The highest BCUT2D eigenvalue weighted by atomic mass is 35.5. The van der Waals surface area contributed by atoms with E-state index in [-0.39, 0.29) is 41.0 Å². The van der Waals surface area contributed by atoms with E-state index in [4.69, 9.17) is 17.3 Å². The van der Waals surface area contributed by atoms with Crippen LogP contribution in [-0.2, 0) is 9.59 Å². The number of benzene rings is 4. The Morgan fingerprint density at radius 3 is 2.24 bits per heavy atom. The van der Waals surface area contributed by atoms with Gasteiger partial charge in [-0.2, -0.15) is 4.98 Å². The molecular weight excluding hydrogens is 809 g/mol. The largest absolute Gasteiger partial charge is 0.372 e. The maximum Gasteiger partial charge on any atom is 0.251 e. The molecule has 1 atom stereocenters. The van der Waals surface area contributed by atoms with Crippen LogP contribution in [0.25, 0.3) is 11.1 Å². The van der Waals surface area contributed by atoms with Gasteiger partial charge in [0.05, 0.1) is 12.1 Å². The molecule has 1 unspecified atom stereocenters. The first-order valence-corrected chi connectivity index (χ1v) is 21.5. The van der Waals surface area contributed by atoms with Crippen LogP contribution in [0, 0.1) is 17.7 Å². The second-order valence-electron chi connectivity index (χ2n) is 16.3. The van der Waals surface area contributed by atoms with Gasteiger partial charge in [0.2, 0.25) is 23.7 Å². The minimum atomic E-state index is -0.682. The van der Waals surface area contributed by atoms with Crippen molar-refractivity contribution in [1.82, 2.24) is 25.5 Å². The topological polar surface area (TPSA) is 175 Å². The minimum Gasteiger partial charge on any atom is -0.372 e. The van der Waals surface area contributed by atoms with Crippen molar-refractivity contribution in [2.24, 2.45) is 17.6 Å². The van der Waals surface area contributed by atoms with Gasteiger partial charge in [-0.05, 0) is 129 Å². The molecule has 15 heteroatoms. The van der Waals surface area contributed by atoms with E-state index in [1.165, 1.54) is 5.69 Å². The number of likely N-dealkylation sites (tertiary alicyclic amines) is 1. The Labute approximate surface area is 364 Å². The fraction of sp³-hybridized carbons (Fsp3) is 0.319. The summed E-state index contributed by atoms with van der Waals surface area (Å²) in [5.74, 6) is -0.976. The van der Waals surface area contributed by atoms with E-state index < -0.39 is 11.7 Å². The normalized spacial score (nSPS) is 17.6. The number of hydrogen-bond acceptors (Lipinski definition) is 10. The monoisotopic (exact) mass is 857 g/mol. The van der Waals surface area contributed by atoms with Crippen LogP contribution >= 0.6 is 11.6 Å². The van der Waals surface area contributed by atoms with Crippen LogP contribution in [0.5, 0.6) is 0 Å². The number of carbonyl (C=O) groups is 4. The van der Waals surface area contributed by atoms with Crippen molar-refractivity contribution in [2.75, 3.05) is 54.8 Å². The lowest BCUT2D eigenvalue weighted by molar-refractivity contribution is -0.134. The summed E-state index contributed by atoms with van der Waals surface area (Å²) in [6, 6.07) is 27.1. The first kappa shape index (κ1) is 42.3. The fourth-order valence-electron chi connectivity index (χ4n) is 8.61. The molecule has 6 N–H and O–H groups in total. The Bertz CT molecular complexity index is 2440. The van der Waals surface area contributed by atoms with Crippen molar-refractivity contribution in [3.8, 4) is 11.1 Å². The summed E-state index contributed by atoms with van der Waals surface area (Å²) in [5, 5.41) is 12.0. The molecular formula is C47H49ClFN9O4. The standard InChI is InChI=1S/C47H49ClFN9O4/c48-40-4-2-1-3-37(40)39-25-34(11-14-38(39)43(50)60)53-44-41(49)27-52-47(56-44)54-33-9-5-32(6-10-33)45(61)51-26-29-17-21-57(22-18-29)28-30-19-23-58(24-20-30)35-12-7-31(8-13-35)36-15-16-42(59)55-46(36)62/h1-14,25,27,29-30,36H,15-24,26,28H2,(H2,50,60)(H,51,61)(H,55,59,62)(H2,52,53,54,56). The summed E-state index contributed by atoms with van der Waals surface area (Å²) in [7, 11) is 0. The van der Waals surface area contributed by atoms with Gasteiger partial charge in [-0.25, -0.2) is 9.37 Å². The number of aromatic nitrogens is 2. The molecule has 3 fully saturated rings. The molecule has 0 spiro atoms. The summed E-state index contributed by atoms with van der Waals surface area (Å²) in [6.45, 7) is 5.78. The number of nitrogens with two attached hydrogens (primary N) is 1. The molecule has 3 aliphatic rings. The van der Waals surface area contributed by atoms with Gasteiger partial charge < -0.3 is 31.5 Å². The summed E-state index contributed by atoms with van der Waals surface area (Å²) >= 11 is 6.41. The molecule has 5 aromatic rings. The van der Waals surface area contributed by atoms with Gasteiger partial charge in [0.1, 0.15) is 0 Å². The van der Waals surface area contributed by atoms with Gasteiger partial charge in [0, 0.05) is 71.4 Å². The van der Waals surface area contributed by atoms with Gasteiger partial charge in [-0.15, -0.1) is 0 Å². The highest BCUT2D eigenvalue weighted by Crippen LogP contribution is 2.34. The van der Waals surface area contributed by atoms with Crippen molar-refractivity contribution in [3.63, 3.8) is 0 Å². The van der Waals surface area contributed by atoms with Gasteiger partial charge in [0.15, 0.2) is 11.6 Å². The first-order valence-electron chi connectivity index (χ1n) is 21.1. The van der Waals surface area contributed by atoms with E-state index in [0.29, 0.717) is 64.3 Å². The number of nitrogens with zero attached hydrogens (tertiary/aromatic N) is 4. The fourth-order valence-corrected chi connectivity index (χ4v) is 8.84. The maximum atomic E-state index is 14.9. The zero-order valence-electron chi connectivity index (χ0n) is 34.2. The molecule has 13 nitrogen and oxygen atoms in total. The summed E-state index contributed by atoms with van der Waals surface area (Å²) < 4.78 is 14.9. The Hall–Kier alpha value is -6.38. The number of amides is 4. The lowest BCUT2D eigenvalue weighted by Crippen LogP contribution is -2.43. The zero-order valence-corrected chi connectivity index (χ0v) is 35.0. The van der Waals surface area contributed by atoms with Crippen LogP contribution in [0.2, 0.25) is 5.02 Å². The summed E-state index contributed by atoms with van der Waals surface area (Å²) in [4.78, 5) is 62.5. The highest BCUT2D eigenvalue weighted by molar-refractivity contribution is 6.33. The average Bonchev–Trinajstić information content (AvgIpc) is 3.28. The van der Waals surface area contributed by atoms with Gasteiger partial charge in [0.25, 0.3) is 5.91 Å². The van der Waals surface area contributed by atoms with E-state index in [1.54, 1.807) is 66.7 Å². The smallest absolute Gasteiger partial charge is 0.251 e. The van der Waals surface area contributed by atoms with E-state index in [1.807, 2.05) is 12.1 Å². The molecule has 0 bridgehead atoms. The number of halogens is 2. The van der Waals surface area contributed by atoms with E-state index in [0.717, 1.165) is 70.2 Å². The van der Waals surface area contributed by atoms with Crippen molar-refractivity contribution >= 4 is 64.1 Å². The number of imide groups is 1. The number of primary amides is 1. The summed E-state index contributed by atoms with van der Waals surface area (Å²) in [5.41, 5.74) is 10.7. The maximum absolute atomic E-state index is 14.9. The lowest BCUT2D eigenvalue weighted by Gasteiger charge is -2.38. The second-order valence-corrected chi connectivity index (χ2v) is 16.7. The van der Waals surface area contributed by atoms with Crippen LogP contribution in [0.4, 0.5) is 33.2 Å². The van der Waals surface area contributed by atoms with Gasteiger partial charge >= 0.3 is 0 Å². The van der Waals surface area contributed by atoms with Crippen molar-refractivity contribution in [2.45, 2.75) is 44.4 Å². The van der Waals surface area contributed by atoms with Crippen LogP contribution in [0.1, 0.15) is 70.7 Å². The number of nitrogens with one attached hydrogen (secondary N) is 4. The molecule has 4 heterocycles. The number of hydrogen-bond donors (Lipinski definition) is 5. The molecule has 8 rings (SSSR count). The van der Waals surface area contributed by atoms with Crippen LogP contribution in [0.15, 0.2) is 97.2 Å². The van der Waals surface area contributed by atoms with E-state index in [2.05, 4.69) is 53.2 Å². The second kappa shape index (κ2) is 19.1. The minimum absolute atomic E-state index is 0.0869. The van der Waals surface area contributed by atoms with Gasteiger partial charge in [-0.1, -0.05) is 41.9 Å².